The van der Waals surface area contributed by atoms with Gasteiger partial charge in [0.25, 0.3) is 0 Å². The Hall–Kier alpha value is -4.48. The standard InChI is InChI=1S/C37H30BNO2S/c1-21-9-8-10-22(2)33(21)23-13-16-32-30(17-23)37(3,4)31-20-26(42-36(31)39(32)25-11-6-5-7-12-25)19-29-34(40)27-15-14-24(38)18-28(27)35(29)41/h5-20H,38H2,1-4H3/b29-19+. The average molecular weight is 564 g/mol. The molecule has 0 saturated heterocycles. The maximum Gasteiger partial charge on any atom is 0.197 e. The molecule has 3 nitrogen and oxygen atoms in total. The maximum atomic E-state index is 13.3. The molecule has 5 aromatic rings. The fourth-order valence-electron chi connectivity index (χ4n) is 6.54. The summed E-state index contributed by atoms with van der Waals surface area (Å²) in [6.07, 6.45) is 1.80. The van der Waals surface area contributed by atoms with Crippen LogP contribution in [0.25, 0.3) is 17.2 Å². The summed E-state index contributed by atoms with van der Waals surface area (Å²) in [4.78, 5) is 29.8. The van der Waals surface area contributed by atoms with E-state index in [9.17, 15) is 9.59 Å². The SMILES string of the molecule is Bc1ccc2c(c1)C(=O)/C(=C/c1cc3c(s1)N(c1ccccc1)c1ccc(-c4c(C)cccc4C)cc1C3(C)C)C2=O. The molecule has 2 aliphatic rings. The van der Waals surface area contributed by atoms with Gasteiger partial charge in [0, 0.05) is 27.1 Å². The second kappa shape index (κ2) is 9.54. The van der Waals surface area contributed by atoms with Crippen LogP contribution in [0.5, 0.6) is 0 Å². The highest BCUT2D eigenvalue weighted by Gasteiger charge is 2.40. The quantitative estimate of drug-likeness (QED) is 0.127. The van der Waals surface area contributed by atoms with Crippen molar-refractivity contribution in [3.8, 4) is 11.1 Å². The molecule has 5 heteroatoms. The van der Waals surface area contributed by atoms with Crippen molar-refractivity contribution >= 4 is 58.7 Å². The molecule has 7 rings (SSSR count). The molecule has 0 atom stereocenters. The van der Waals surface area contributed by atoms with Gasteiger partial charge in [-0.25, -0.2) is 0 Å². The molecule has 0 N–H and O–H groups in total. The first kappa shape index (κ1) is 26.4. The van der Waals surface area contributed by atoms with Gasteiger partial charge in [0.1, 0.15) is 12.8 Å². The summed E-state index contributed by atoms with van der Waals surface area (Å²) in [5.41, 5.74) is 11.6. The third kappa shape index (κ3) is 3.95. The lowest BCUT2D eigenvalue weighted by Crippen LogP contribution is -2.29. The number of carbonyl (C=O) groups excluding carboxylic acids is 2. The topological polar surface area (TPSA) is 37.4 Å². The van der Waals surface area contributed by atoms with E-state index in [1.807, 2.05) is 26.0 Å². The van der Waals surface area contributed by atoms with Gasteiger partial charge in [-0.05, 0) is 83.6 Å². The van der Waals surface area contributed by atoms with E-state index in [-0.39, 0.29) is 22.6 Å². The Labute approximate surface area is 251 Å². The monoisotopic (exact) mass is 563 g/mol. The van der Waals surface area contributed by atoms with E-state index in [1.54, 1.807) is 23.5 Å². The van der Waals surface area contributed by atoms with E-state index in [0.29, 0.717) is 11.1 Å². The number of hydrogen-bond donors (Lipinski definition) is 0. The van der Waals surface area contributed by atoms with Crippen LogP contribution in [-0.4, -0.2) is 19.4 Å². The number of nitrogens with zero attached hydrogens (tertiary/aromatic N) is 1. The predicted molar refractivity (Wildman–Crippen MR) is 177 cm³/mol. The Balaban J connectivity index is 1.41. The predicted octanol–water partition coefficient (Wildman–Crippen LogP) is 7.86. The lowest BCUT2D eigenvalue weighted by atomic mass is 9.74. The second-order valence-corrected chi connectivity index (χ2v) is 13.0. The van der Waals surface area contributed by atoms with Crippen LogP contribution in [0.2, 0.25) is 0 Å². The lowest BCUT2D eigenvalue weighted by molar-refractivity contribution is 0.0990. The summed E-state index contributed by atoms with van der Waals surface area (Å²) in [5, 5.41) is 1.11. The van der Waals surface area contributed by atoms with Crippen LogP contribution >= 0.6 is 11.3 Å². The largest absolute Gasteiger partial charge is 0.301 e. The van der Waals surface area contributed by atoms with Gasteiger partial charge in [0.15, 0.2) is 11.6 Å². The number of para-hydroxylation sites is 1. The van der Waals surface area contributed by atoms with E-state index in [4.69, 9.17) is 0 Å². The molecule has 1 aromatic heterocycles. The molecule has 42 heavy (non-hydrogen) atoms. The number of ketones is 2. The van der Waals surface area contributed by atoms with Crippen LogP contribution in [0.15, 0.2) is 96.6 Å². The highest BCUT2D eigenvalue weighted by Crippen LogP contribution is 2.56. The number of thiophene rings is 1. The van der Waals surface area contributed by atoms with E-state index in [2.05, 4.69) is 99.3 Å². The first-order valence-electron chi connectivity index (χ1n) is 14.3. The fourth-order valence-corrected chi connectivity index (χ4v) is 7.84. The number of Topliss-reactive ketones (excluding diaryl/α,β-unsaturated/α-hetero) is 2. The molecule has 0 bridgehead atoms. The van der Waals surface area contributed by atoms with Crippen LogP contribution in [0.3, 0.4) is 0 Å². The van der Waals surface area contributed by atoms with Crippen molar-refractivity contribution < 1.29 is 9.59 Å². The number of benzene rings is 4. The Morgan fingerprint density at radius 3 is 2.21 bits per heavy atom. The highest BCUT2D eigenvalue weighted by atomic mass is 32.1. The van der Waals surface area contributed by atoms with Crippen LogP contribution in [0.1, 0.15) is 61.7 Å². The minimum absolute atomic E-state index is 0.189. The number of aryl methyl sites for hydroxylation is 2. The van der Waals surface area contributed by atoms with E-state index >= 15 is 0 Å². The molecule has 204 valence electrons. The molecule has 0 saturated carbocycles. The van der Waals surface area contributed by atoms with Crippen molar-refractivity contribution in [2.24, 2.45) is 0 Å². The van der Waals surface area contributed by atoms with E-state index < -0.39 is 0 Å². The molecule has 4 aromatic carbocycles. The van der Waals surface area contributed by atoms with Gasteiger partial charge < -0.3 is 4.90 Å². The molecular formula is C37H30BNO2S. The summed E-state index contributed by atoms with van der Waals surface area (Å²) in [7, 11) is 1.94. The van der Waals surface area contributed by atoms with E-state index in [0.717, 1.165) is 26.7 Å². The average Bonchev–Trinajstić information content (AvgIpc) is 3.49. The molecule has 0 radical (unpaired) electrons. The van der Waals surface area contributed by atoms with Crippen LogP contribution < -0.4 is 10.4 Å². The number of hydrogen-bond acceptors (Lipinski definition) is 4. The number of fused-ring (bicyclic) bond motifs is 3. The molecule has 0 unspecified atom stereocenters. The molecular weight excluding hydrogens is 533 g/mol. The summed E-state index contributed by atoms with van der Waals surface area (Å²) < 4.78 is 0. The smallest absolute Gasteiger partial charge is 0.197 e. The number of rotatable bonds is 3. The zero-order chi connectivity index (χ0) is 29.3. The summed E-state index contributed by atoms with van der Waals surface area (Å²) in [5.74, 6) is -0.382. The molecule has 1 aliphatic carbocycles. The van der Waals surface area contributed by atoms with Crippen molar-refractivity contribution in [3.05, 3.63) is 135 Å². The first-order valence-corrected chi connectivity index (χ1v) is 15.1. The van der Waals surface area contributed by atoms with E-state index in [1.165, 1.54) is 33.4 Å². The van der Waals surface area contributed by atoms with Crippen LogP contribution in [0, 0.1) is 13.8 Å². The number of anilines is 3. The van der Waals surface area contributed by atoms with Crippen LogP contribution in [0.4, 0.5) is 16.4 Å². The minimum atomic E-state index is -0.306. The van der Waals surface area contributed by atoms with Gasteiger partial charge in [-0.3, -0.25) is 9.59 Å². The summed E-state index contributed by atoms with van der Waals surface area (Å²) in [6.45, 7) is 8.89. The zero-order valence-electron chi connectivity index (χ0n) is 24.4. The van der Waals surface area contributed by atoms with Crippen molar-refractivity contribution in [2.45, 2.75) is 33.1 Å². The van der Waals surface area contributed by atoms with Crippen molar-refractivity contribution in [1.82, 2.24) is 0 Å². The minimum Gasteiger partial charge on any atom is -0.301 e. The second-order valence-electron chi connectivity index (χ2n) is 11.9. The molecule has 0 fully saturated rings. The summed E-state index contributed by atoms with van der Waals surface area (Å²) in [6, 6.07) is 31.4. The normalized spacial score (nSPS) is 16.0. The van der Waals surface area contributed by atoms with Gasteiger partial charge in [0.2, 0.25) is 0 Å². The van der Waals surface area contributed by atoms with Gasteiger partial charge >= 0.3 is 0 Å². The van der Waals surface area contributed by atoms with Gasteiger partial charge in [0.05, 0.1) is 11.3 Å². The zero-order valence-corrected chi connectivity index (χ0v) is 25.2. The maximum absolute atomic E-state index is 13.3. The van der Waals surface area contributed by atoms with Crippen molar-refractivity contribution in [2.75, 3.05) is 4.90 Å². The third-order valence-corrected chi connectivity index (χ3v) is 9.81. The third-order valence-electron chi connectivity index (χ3n) is 8.74. The van der Waals surface area contributed by atoms with Crippen molar-refractivity contribution in [3.63, 3.8) is 0 Å². The molecule has 1 aliphatic heterocycles. The van der Waals surface area contributed by atoms with Gasteiger partial charge in [-0.15, -0.1) is 11.3 Å². The van der Waals surface area contributed by atoms with Crippen molar-refractivity contribution in [1.29, 1.82) is 0 Å². The Morgan fingerprint density at radius 2 is 1.48 bits per heavy atom. The molecule has 0 spiro atoms. The fraction of sp³-hybridized carbons (Fsp3) is 0.135. The van der Waals surface area contributed by atoms with Crippen LogP contribution in [-0.2, 0) is 5.41 Å². The van der Waals surface area contributed by atoms with Gasteiger partial charge in [-0.1, -0.05) is 80.0 Å². The molecule has 2 heterocycles. The first-order chi connectivity index (χ1) is 20.1. The Kier molecular flexibility index (Phi) is 6.00. The number of allylic oxidation sites excluding steroid dienone is 1. The lowest BCUT2D eigenvalue weighted by Gasteiger charge is -2.40. The Morgan fingerprint density at radius 1 is 0.762 bits per heavy atom. The summed E-state index contributed by atoms with van der Waals surface area (Å²) >= 11 is 1.63. The van der Waals surface area contributed by atoms with Gasteiger partial charge in [-0.2, -0.15) is 0 Å². The Bertz CT molecular complexity index is 1960. The molecule has 0 amide bonds. The number of carbonyl (C=O) groups is 2. The highest BCUT2D eigenvalue weighted by molar-refractivity contribution is 7.17.